The maximum Gasteiger partial charge on any atom is 0.182 e. The number of anilines is 1. The molecule has 1 atom stereocenters. The van der Waals surface area contributed by atoms with E-state index < -0.39 is 0 Å². The van der Waals surface area contributed by atoms with Crippen LogP contribution in [0.5, 0.6) is 0 Å². The average Bonchev–Trinajstić information content (AvgIpc) is 2.75. The van der Waals surface area contributed by atoms with Gasteiger partial charge in [0.15, 0.2) is 5.82 Å². The zero-order valence-electron chi connectivity index (χ0n) is 11.3. The summed E-state index contributed by atoms with van der Waals surface area (Å²) in [5.74, 6) is 1.28. The number of nitrogens with zero attached hydrogens (tertiary/aromatic N) is 4. The fourth-order valence-electron chi connectivity index (χ4n) is 2.20. The number of halogens is 1. The lowest BCUT2D eigenvalue weighted by Crippen LogP contribution is -2.11. The number of nitrogen functional groups attached to an aromatic ring is 1. The molecular formula is C13H18ClN5. The zero-order chi connectivity index (χ0) is 14.0. The monoisotopic (exact) mass is 279 g/mol. The lowest BCUT2D eigenvalue weighted by atomic mass is 10.1. The molecule has 1 aromatic heterocycles. The van der Waals surface area contributed by atoms with Crippen molar-refractivity contribution in [1.29, 1.82) is 0 Å². The number of benzene rings is 1. The molecular weight excluding hydrogens is 262 g/mol. The minimum atomic E-state index is 0.227. The second-order valence-corrected chi connectivity index (χ2v) is 5.64. The van der Waals surface area contributed by atoms with E-state index >= 15 is 0 Å². The van der Waals surface area contributed by atoms with Gasteiger partial charge in [-0.1, -0.05) is 25.4 Å². The van der Waals surface area contributed by atoms with Crippen molar-refractivity contribution in [2.75, 3.05) is 5.73 Å². The van der Waals surface area contributed by atoms with E-state index in [2.05, 4.69) is 36.3 Å². The Morgan fingerprint density at radius 1 is 1.26 bits per heavy atom. The van der Waals surface area contributed by atoms with E-state index in [0.717, 1.165) is 12.0 Å². The van der Waals surface area contributed by atoms with E-state index in [4.69, 9.17) is 17.3 Å². The molecule has 19 heavy (non-hydrogen) atoms. The van der Waals surface area contributed by atoms with E-state index in [0.29, 0.717) is 22.5 Å². The molecule has 1 heterocycles. The predicted octanol–water partition coefficient (Wildman–Crippen LogP) is 3.18. The van der Waals surface area contributed by atoms with E-state index in [1.165, 1.54) is 0 Å². The summed E-state index contributed by atoms with van der Waals surface area (Å²) in [7, 11) is 0. The van der Waals surface area contributed by atoms with Crippen LogP contribution in [0.25, 0.3) is 11.4 Å². The van der Waals surface area contributed by atoms with Crippen molar-refractivity contribution in [3.05, 3.63) is 23.2 Å². The highest BCUT2D eigenvalue weighted by atomic mass is 35.5. The third kappa shape index (κ3) is 3.23. The van der Waals surface area contributed by atoms with Gasteiger partial charge in [-0.15, -0.1) is 5.10 Å². The Hall–Kier alpha value is -1.62. The highest BCUT2D eigenvalue weighted by Gasteiger charge is 2.16. The molecule has 2 aromatic rings. The second-order valence-electron chi connectivity index (χ2n) is 5.20. The van der Waals surface area contributed by atoms with Crippen LogP contribution in [0.1, 0.15) is 33.2 Å². The molecule has 0 saturated carbocycles. The summed E-state index contributed by atoms with van der Waals surface area (Å²) in [5.41, 5.74) is 7.25. The van der Waals surface area contributed by atoms with Crippen LogP contribution in [0.4, 0.5) is 5.69 Å². The molecule has 1 unspecified atom stereocenters. The molecule has 5 nitrogen and oxygen atoms in total. The second kappa shape index (κ2) is 5.57. The topological polar surface area (TPSA) is 69.6 Å². The standard InChI is InChI=1S/C13H18ClN5/c1-8(2)4-9(3)19-13(16-17-18-19)10-5-11(14)7-12(15)6-10/h5-9H,4,15H2,1-3H3. The number of nitrogens with two attached hydrogens (primary N) is 1. The molecule has 0 aliphatic rings. The summed E-state index contributed by atoms with van der Waals surface area (Å²) in [6, 6.07) is 5.58. The maximum atomic E-state index is 6.03. The number of hydrogen-bond donors (Lipinski definition) is 1. The van der Waals surface area contributed by atoms with Gasteiger partial charge in [0.1, 0.15) is 0 Å². The van der Waals surface area contributed by atoms with E-state index in [1.807, 2.05) is 16.8 Å². The van der Waals surface area contributed by atoms with Gasteiger partial charge >= 0.3 is 0 Å². The van der Waals surface area contributed by atoms with Crippen LogP contribution >= 0.6 is 11.6 Å². The molecule has 102 valence electrons. The SMILES string of the molecule is CC(C)CC(C)n1nnnc1-c1cc(N)cc(Cl)c1. The van der Waals surface area contributed by atoms with Crippen LogP contribution in [0.3, 0.4) is 0 Å². The number of rotatable bonds is 4. The summed E-state index contributed by atoms with van der Waals surface area (Å²) in [6.45, 7) is 6.46. The molecule has 0 bridgehead atoms. The summed E-state index contributed by atoms with van der Waals surface area (Å²) >= 11 is 6.03. The molecule has 6 heteroatoms. The smallest absolute Gasteiger partial charge is 0.182 e. The van der Waals surface area contributed by atoms with Crippen LogP contribution in [-0.2, 0) is 0 Å². The van der Waals surface area contributed by atoms with Gasteiger partial charge in [0, 0.05) is 16.3 Å². The third-order valence-electron chi connectivity index (χ3n) is 2.90. The minimum absolute atomic E-state index is 0.227. The van der Waals surface area contributed by atoms with Gasteiger partial charge in [0.2, 0.25) is 0 Å². The van der Waals surface area contributed by atoms with E-state index in [1.54, 1.807) is 6.07 Å². The van der Waals surface area contributed by atoms with Gasteiger partial charge in [-0.3, -0.25) is 0 Å². The summed E-state index contributed by atoms with van der Waals surface area (Å²) < 4.78 is 1.82. The Kier molecular flexibility index (Phi) is 4.04. The molecule has 0 fully saturated rings. The first-order valence-corrected chi connectivity index (χ1v) is 6.69. The molecule has 0 aliphatic carbocycles. The molecule has 2 N–H and O–H groups in total. The molecule has 0 saturated heterocycles. The van der Waals surface area contributed by atoms with Crippen molar-refractivity contribution in [1.82, 2.24) is 20.2 Å². The lowest BCUT2D eigenvalue weighted by Gasteiger charge is -2.15. The van der Waals surface area contributed by atoms with Gasteiger partial charge in [-0.05, 0) is 47.9 Å². The van der Waals surface area contributed by atoms with Crippen LogP contribution in [0.2, 0.25) is 5.02 Å². The molecule has 1 aromatic carbocycles. The summed E-state index contributed by atoms with van der Waals surface area (Å²) in [5, 5.41) is 12.5. The predicted molar refractivity (Wildman–Crippen MR) is 76.8 cm³/mol. The van der Waals surface area contributed by atoms with Gasteiger partial charge in [-0.25, -0.2) is 4.68 Å². The summed E-state index contributed by atoms with van der Waals surface area (Å²) in [6.07, 6.45) is 1.01. The molecule has 0 amide bonds. The van der Waals surface area contributed by atoms with Gasteiger partial charge < -0.3 is 5.73 Å². The molecule has 2 rings (SSSR count). The van der Waals surface area contributed by atoms with Crippen molar-refractivity contribution in [3.8, 4) is 11.4 Å². The van der Waals surface area contributed by atoms with Gasteiger partial charge in [0.25, 0.3) is 0 Å². The molecule has 0 aliphatic heterocycles. The lowest BCUT2D eigenvalue weighted by molar-refractivity contribution is 0.394. The maximum absolute atomic E-state index is 6.03. The van der Waals surface area contributed by atoms with Crippen LogP contribution in [0.15, 0.2) is 18.2 Å². The number of aromatic nitrogens is 4. The molecule has 0 radical (unpaired) electrons. The Balaban J connectivity index is 2.38. The zero-order valence-corrected chi connectivity index (χ0v) is 12.1. The minimum Gasteiger partial charge on any atom is -0.399 e. The fraction of sp³-hybridized carbons (Fsp3) is 0.462. The Morgan fingerprint density at radius 3 is 2.63 bits per heavy atom. The van der Waals surface area contributed by atoms with E-state index in [-0.39, 0.29) is 6.04 Å². The third-order valence-corrected chi connectivity index (χ3v) is 3.12. The van der Waals surface area contributed by atoms with Crippen LogP contribution in [0, 0.1) is 5.92 Å². The van der Waals surface area contributed by atoms with Crippen molar-refractivity contribution < 1.29 is 0 Å². The fourth-order valence-corrected chi connectivity index (χ4v) is 2.45. The number of hydrogen-bond acceptors (Lipinski definition) is 4. The number of tetrazole rings is 1. The normalized spacial score (nSPS) is 12.9. The van der Waals surface area contributed by atoms with Gasteiger partial charge in [0.05, 0.1) is 6.04 Å². The Bertz CT molecular complexity index is 544. The first kappa shape index (κ1) is 13.8. The van der Waals surface area contributed by atoms with Crippen LogP contribution < -0.4 is 5.73 Å². The highest BCUT2D eigenvalue weighted by Crippen LogP contribution is 2.27. The first-order valence-electron chi connectivity index (χ1n) is 6.31. The first-order chi connectivity index (χ1) is 8.97. The van der Waals surface area contributed by atoms with Crippen LogP contribution in [-0.4, -0.2) is 20.2 Å². The average molecular weight is 280 g/mol. The summed E-state index contributed by atoms with van der Waals surface area (Å²) in [4.78, 5) is 0. The molecule has 0 spiro atoms. The quantitative estimate of drug-likeness (QED) is 0.873. The van der Waals surface area contributed by atoms with Crippen molar-refractivity contribution >= 4 is 17.3 Å². The van der Waals surface area contributed by atoms with E-state index in [9.17, 15) is 0 Å². The highest BCUT2D eigenvalue weighted by molar-refractivity contribution is 6.31. The van der Waals surface area contributed by atoms with Crippen molar-refractivity contribution in [2.45, 2.75) is 33.2 Å². The van der Waals surface area contributed by atoms with Gasteiger partial charge in [-0.2, -0.15) is 0 Å². The largest absolute Gasteiger partial charge is 0.399 e. The van der Waals surface area contributed by atoms with Crippen molar-refractivity contribution in [2.24, 2.45) is 5.92 Å². The Labute approximate surface area is 117 Å². The Morgan fingerprint density at radius 2 is 2.00 bits per heavy atom. The van der Waals surface area contributed by atoms with Crippen molar-refractivity contribution in [3.63, 3.8) is 0 Å².